The van der Waals surface area contributed by atoms with Gasteiger partial charge in [-0.1, -0.05) is 5.21 Å². The first kappa shape index (κ1) is 22.4. The molecule has 174 valence electrons. The van der Waals surface area contributed by atoms with Crippen molar-refractivity contribution in [1.29, 1.82) is 0 Å². The Balaban J connectivity index is 1.53. The lowest BCUT2D eigenvalue weighted by molar-refractivity contribution is -0.143. The van der Waals surface area contributed by atoms with E-state index in [2.05, 4.69) is 30.6 Å². The van der Waals surface area contributed by atoms with Gasteiger partial charge in [0.05, 0.1) is 30.0 Å². The van der Waals surface area contributed by atoms with E-state index in [0.29, 0.717) is 59.9 Å². The number of ether oxygens (including phenoxy) is 2. The highest BCUT2D eigenvalue weighted by molar-refractivity contribution is 5.72. The topological polar surface area (TPSA) is 137 Å². The molecule has 3 aromatic rings. The van der Waals surface area contributed by atoms with Crippen molar-refractivity contribution in [1.82, 2.24) is 29.9 Å². The summed E-state index contributed by atoms with van der Waals surface area (Å²) in [6.45, 7) is 4.25. The average molecular weight is 454 g/mol. The Morgan fingerprint density at radius 3 is 2.88 bits per heavy atom. The number of rotatable bonds is 8. The summed E-state index contributed by atoms with van der Waals surface area (Å²) in [6.07, 6.45) is 4.37. The predicted octanol–water partition coefficient (Wildman–Crippen LogP) is 3.14. The molecule has 0 aliphatic heterocycles. The van der Waals surface area contributed by atoms with E-state index in [1.54, 1.807) is 24.0 Å². The number of pyridine rings is 1. The zero-order valence-electron chi connectivity index (χ0n) is 18.9. The van der Waals surface area contributed by atoms with Gasteiger partial charge in [-0.05, 0) is 51.7 Å². The van der Waals surface area contributed by atoms with Crippen LogP contribution in [0.2, 0.25) is 0 Å². The van der Waals surface area contributed by atoms with Crippen LogP contribution in [0.1, 0.15) is 38.3 Å². The maximum atomic E-state index is 11.3. The molecule has 0 amide bonds. The molecule has 0 saturated heterocycles. The van der Waals surface area contributed by atoms with Gasteiger partial charge in [0.25, 0.3) is 0 Å². The maximum Gasteiger partial charge on any atom is 0.306 e. The summed E-state index contributed by atoms with van der Waals surface area (Å²) >= 11 is 0. The van der Waals surface area contributed by atoms with Crippen LogP contribution in [0, 0.1) is 12.8 Å². The molecule has 0 unspecified atom stereocenters. The molecule has 1 saturated carbocycles. The van der Waals surface area contributed by atoms with Crippen LogP contribution in [-0.2, 0) is 11.8 Å². The van der Waals surface area contributed by atoms with Gasteiger partial charge in [0.1, 0.15) is 5.75 Å². The summed E-state index contributed by atoms with van der Waals surface area (Å²) in [6, 6.07) is 5.34. The normalized spacial score (nSPS) is 18.0. The zero-order chi connectivity index (χ0) is 23.4. The number of aromatic nitrogens is 6. The molecule has 3 aromatic heterocycles. The lowest BCUT2D eigenvalue weighted by Gasteiger charge is -2.27. The number of aliphatic carboxylic acids is 1. The van der Waals surface area contributed by atoms with Crippen LogP contribution in [0.25, 0.3) is 11.4 Å². The number of hydrogen-bond donors (Lipinski definition) is 2. The van der Waals surface area contributed by atoms with Crippen molar-refractivity contribution in [3.05, 3.63) is 30.1 Å². The van der Waals surface area contributed by atoms with Crippen molar-refractivity contribution in [3.8, 4) is 23.0 Å². The number of carboxylic acids is 1. The molecule has 1 aliphatic carbocycles. The summed E-state index contributed by atoms with van der Waals surface area (Å²) in [4.78, 5) is 24.6. The quantitative estimate of drug-likeness (QED) is 0.523. The zero-order valence-corrected chi connectivity index (χ0v) is 18.9. The van der Waals surface area contributed by atoms with Gasteiger partial charge in [-0.25, -0.2) is 14.6 Å². The molecular weight excluding hydrogens is 426 g/mol. The lowest BCUT2D eigenvalue weighted by Crippen LogP contribution is -2.29. The first-order valence-corrected chi connectivity index (χ1v) is 10.9. The Kier molecular flexibility index (Phi) is 6.66. The predicted molar refractivity (Wildman–Crippen MR) is 119 cm³/mol. The van der Waals surface area contributed by atoms with E-state index in [9.17, 15) is 9.90 Å². The maximum absolute atomic E-state index is 11.3. The third-order valence-electron chi connectivity index (χ3n) is 5.53. The minimum absolute atomic E-state index is 0.130. The van der Waals surface area contributed by atoms with Gasteiger partial charge in [0, 0.05) is 19.3 Å². The second-order valence-electron chi connectivity index (χ2n) is 7.91. The summed E-state index contributed by atoms with van der Waals surface area (Å²) < 4.78 is 13.1. The number of carbonyl (C=O) groups is 1. The SMILES string of the molecule is CCOc1ccnc(Nc2c(-c3ccc(O[C@H]4CCC[C@H](C(=O)O)C4)c(C)n3)nnn2C)n1. The van der Waals surface area contributed by atoms with Gasteiger partial charge in [-0.2, -0.15) is 4.98 Å². The fourth-order valence-electron chi connectivity index (χ4n) is 3.87. The second kappa shape index (κ2) is 9.80. The lowest BCUT2D eigenvalue weighted by atomic mass is 9.87. The molecule has 0 bridgehead atoms. The Morgan fingerprint density at radius 2 is 2.12 bits per heavy atom. The van der Waals surface area contributed by atoms with Crippen LogP contribution >= 0.6 is 0 Å². The average Bonchev–Trinajstić information content (AvgIpc) is 3.16. The largest absolute Gasteiger partial charge is 0.489 e. The smallest absolute Gasteiger partial charge is 0.306 e. The highest BCUT2D eigenvalue weighted by Crippen LogP contribution is 2.31. The standard InChI is InChI=1S/C22H27N7O4/c1-4-32-18-10-11-23-22(25-18)26-20-19(27-28-29(20)3)16-8-9-17(13(2)24-16)33-15-7-5-6-14(12-15)21(30)31/h8-11,14-15H,4-7,12H2,1-3H3,(H,30,31)(H,23,25,26)/t14-,15-/m0/s1. The van der Waals surface area contributed by atoms with Crippen molar-refractivity contribution < 1.29 is 19.4 Å². The number of nitrogens with one attached hydrogen (secondary N) is 1. The molecule has 0 radical (unpaired) electrons. The van der Waals surface area contributed by atoms with Gasteiger partial charge in [0.15, 0.2) is 11.5 Å². The van der Waals surface area contributed by atoms with Crippen molar-refractivity contribution >= 4 is 17.7 Å². The van der Waals surface area contributed by atoms with Gasteiger partial charge >= 0.3 is 5.97 Å². The molecule has 11 heteroatoms. The van der Waals surface area contributed by atoms with E-state index in [0.717, 1.165) is 12.8 Å². The molecular formula is C22H27N7O4. The van der Waals surface area contributed by atoms with Crippen molar-refractivity contribution in [2.24, 2.45) is 13.0 Å². The van der Waals surface area contributed by atoms with Crippen molar-refractivity contribution in [3.63, 3.8) is 0 Å². The van der Waals surface area contributed by atoms with Gasteiger partial charge < -0.3 is 19.9 Å². The fourth-order valence-corrected chi connectivity index (χ4v) is 3.87. The molecule has 33 heavy (non-hydrogen) atoms. The second-order valence-corrected chi connectivity index (χ2v) is 7.91. The van der Waals surface area contributed by atoms with E-state index in [1.807, 2.05) is 26.0 Å². The van der Waals surface area contributed by atoms with Gasteiger partial charge in [-0.3, -0.25) is 4.79 Å². The van der Waals surface area contributed by atoms with Gasteiger partial charge in [-0.15, -0.1) is 5.10 Å². The van der Waals surface area contributed by atoms with E-state index in [-0.39, 0.29) is 12.0 Å². The Hall–Kier alpha value is -3.76. The molecule has 4 rings (SSSR count). The highest BCUT2D eigenvalue weighted by atomic mass is 16.5. The summed E-state index contributed by atoms with van der Waals surface area (Å²) in [5.74, 6) is 0.936. The third-order valence-corrected chi connectivity index (χ3v) is 5.53. The van der Waals surface area contributed by atoms with Crippen LogP contribution in [-0.4, -0.2) is 53.7 Å². The molecule has 0 spiro atoms. The molecule has 2 atom stereocenters. The summed E-state index contributed by atoms with van der Waals surface area (Å²) in [5, 5.41) is 20.8. The number of aryl methyl sites for hydroxylation is 2. The number of hydrogen-bond acceptors (Lipinski definition) is 9. The van der Waals surface area contributed by atoms with Crippen LogP contribution in [0.15, 0.2) is 24.4 Å². The molecule has 1 fully saturated rings. The first-order valence-electron chi connectivity index (χ1n) is 10.9. The van der Waals surface area contributed by atoms with Crippen LogP contribution in [0.3, 0.4) is 0 Å². The monoisotopic (exact) mass is 453 g/mol. The Morgan fingerprint density at radius 1 is 1.27 bits per heavy atom. The molecule has 0 aromatic carbocycles. The molecule has 2 N–H and O–H groups in total. The van der Waals surface area contributed by atoms with Crippen molar-refractivity contribution in [2.75, 3.05) is 11.9 Å². The number of anilines is 2. The highest BCUT2D eigenvalue weighted by Gasteiger charge is 2.28. The Bertz CT molecular complexity index is 1130. The van der Waals surface area contributed by atoms with E-state index < -0.39 is 5.97 Å². The minimum atomic E-state index is -0.757. The van der Waals surface area contributed by atoms with Gasteiger partial charge in [0.2, 0.25) is 11.8 Å². The van der Waals surface area contributed by atoms with E-state index in [1.165, 1.54) is 0 Å². The van der Waals surface area contributed by atoms with Crippen LogP contribution in [0.5, 0.6) is 11.6 Å². The van der Waals surface area contributed by atoms with Crippen molar-refractivity contribution in [2.45, 2.75) is 45.6 Å². The molecule has 3 heterocycles. The summed E-state index contributed by atoms with van der Waals surface area (Å²) in [7, 11) is 1.76. The first-order chi connectivity index (χ1) is 15.9. The van der Waals surface area contributed by atoms with E-state index in [4.69, 9.17) is 9.47 Å². The third kappa shape index (κ3) is 5.18. The van der Waals surface area contributed by atoms with Crippen LogP contribution in [0.4, 0.5) is 11.8 Å². The van der Waals surface area contributed by atoms with Crippen LogP contribution < -0.4 is 14.8 Å². The Labute approximate surface area is 191 Å². The molecule has 11 nitrogen and oxygen atoms in total. The van der Waals surface area contributed by atoms with E-state index >= 15 is 0 Å². The number of carboxylic acid groups (broad SMARTS) is 1. The minimum Gasteiger partial charge on any atom is -0.489 e. The number of nitrogens with zero attached hydrogens (tertiary/aromatic N) is 6. The molecule has 1 aliphatic rings. The summed E-state index contributed by atoms with van der Waals surface area (Å²) in [5.41, 5.74) is 1.85. The fraction of sp³-hybridized carbons (Fsp3) is 0.455.